The van der Waals surface area contributed by atoms with E-state index in [0.717, 1.165) is 5.56 Å². The number of anilines is 3. The zero-order valence-corrected chi connectivity index (χ0v) is 21.1. The summed E-state index contributed by atoms with van der Waals surface area (Å²) in [5, 5.41) is 8.20. The van der Waals surface area contributed by atoms with Crippen molar-refractivity contribution >= 4 is 35.0 Å². The van der Waals surface area contributed by atoms with Gasteiger partial charge in [-0.1, -0.05) is 40.3 Å². The summed E-state index contributed by atoms with van der Waals surface area (Å²) in [6.45, 7) is 8.19. The van der Waals surface area contributed by atoms with E-state index in [-0.39, 0.29) is 36.6 Å². The summed E-state index contributed by atoms with van der Waals surface area (Å²) in [6.07, 6.45) is -0.636. The van der Waals surface area contributed by atoms with E-state index in [9.17, 15) is 14.4 Å². The number of amides is 3. The van der Waals surface area contributed by atoms with Gasteiger partial charge in [-0.05, 0) is 72.5 Å². The van der Waals surface area contributed by atoms with Crippen LogP contribution >= 0.6 is 0 Å². The highest BCUT2D eigenvalue weighted by atomic mass is 16.5. The van der Waals surface area contributed by atoms with Crippen LogP contribution in [0.3, 0.4) is 0 Å². The minimum Gasteiger partial charge on any atom is -0.497 e. The van der Waals surface area contributed by atoms with Crippen molar-refractivity contribution in [3.63, 3.8) is 0 Å². The van der Waals surface area contributed by atoms with E-state index in [0.29, 0.717) is 22.7 Å². The molecule has 8 heteroatoms. The smallest absolute Gasteiger partial charge is 0.411 e. The number of nitrogens with one attached hydrogen (secondary N) is 3. The summed E-state index contributed by atoms with van der Waals surface area (Å²) in [5.41, 5.74) is 2.87. The first-order chi connectivity index (χ1) is 17.1. The van der Waals surface area contributed by atoms with Gasteiger partial charge >= 0.3 is 6.09 Å². The lowest BCUT2D eigenvalue weighted by Gasteiger charge is -2.19. The lowest BCUT2D eigenvalue weighted by atomic mass is 9.86. The Morgan fingerprint density at radius 2 is 1.41 bits per heavy atom. The normalized spacial score (nSPS) is 10.5. The van der Waals surface area contributed by atoms with E-state index in [1.807, 2.05) is 12.1 Å². The van der Waals surface area contributed by atoms with Crippen LogP contribution in [0.4, 0.5) is 21.9 Å². The monoisotopic (exact) mass is 505 g/mol. The van der Waals surface area contributed by atoms with Gasteiger partial charge in [0.05, 0.1) is 25.0 Å². The lowest BCUT2D eigenvalue weighted by Crippen LogP contribution is -2.20. The molecule has 3 aromatic rings. The highest BCUT2D eigenvalue weighted by Crippen LogP contribution is 2.26. The van der Waals surface area contributed by atoms with E-state index >= 15 is 0 Å². The van der Waals surface area contributed by atoms with Crippen molar-refractivity contribution in [2.24, 2.45) is 0 Å². The molecule has 196 valence electrons. The summed E-state index contributed by atoms with van der Waals surface area (Å²) in [5.74, 6) is -0.156. The van der Waals surface area contributed by atoms with Crippen molar-refractivity contribution in [3.8, 4) is 5.75 Å². The second kappa shape index (κ2) is 12.6. The van der Waals surface area contributed by atoms with Crippen molar-refractivity contribution < 1.29 is 23.9 Å². The van der Waals surface area contributed by atoms with Crippen LogP contribution in [0.1, 0.15) is 61.4 Å². The van der Waals surface area contributed by atoms with Crippen LogP contribution in [-0.2, 0) is 10.2 Å². The molecule has 8 nitrogen and oxygen atoms in total. The number of ether oxygens (including phenoxy) is 2. The first-order valence-electron chi connectivity index (χ1n) is 11.6. The minimum absolute atomic E-state index is 0. The van der Waals surface area contributed by atoms with Gasteiger partial charge in [0.2, 0.25) is 0 Å². The van der Waals surface area contributed by atoms with E-state index in [1.165, 1.54) is 12.1 Å². The third-order valence-corrected chi connectivity index (χ3v) is 5.40. The summed E-state index contributed by atoms with van der Waals surface area (Å²) in [4.78, 5) is 38.0. The molecular weight excluding hydrogens is 470 g/mol. The predicted octanol–water partition coefficient (Wildman–Crippen LogP) is 6.70. The number of methoxy groups -OCH3 is 1. The molecule has 0 aliphatic carbocycles. The molecule has 0 saturated heterocycles. The second-order valence-electron chi connectivity index (χ2n) is 9.07. The molecule has 0 spiro atoms. The van der Waals surface area contributed by atoms with Gasteiger partial charge in [-0.3, -0.25) is 14.9 Å². The maximum absolute atomic E-state index is 13.1. The van der Waals surface area contributed by atoms with Gasteiger partial charge in [-0.25, -0.2) is 4.79 Å². The zero-order valence-electron chi connectivity index (χ0n) is 21.1. The standard InChI is InChI=1S/C28H31N3O5.CH4/c1-6-36-27(34)30-21-13-16-23(26(33)29-20-11-14-22(35-5)15-12-20)24(17-21)31-25(32)18-7-9-19(10-8-18)28(2,3)4;/h7-17H,6H2,1-5H3,(H,29,33)(H,30,34)(H,31,32);1H4. The van der Waals surface area contributed by atoms with Crippen molar-refractivity contribution in [1.82, 2.24) is 0 Å². The Morgan fingerprint density at radius 1 is 0.784 bits per heavy atom. The van der Waals surface area contributed by atoms with Crippen LogP contribution < -0.4 is 20.7 Å². The first-order valence-corrected chi connectivity index (χ1v) is 11.6. The Kier molecular flexibility index (Phi) is 9.82. The number of carbonyl (C=O) groups is 3. The average molecular weight is 506 g/mol. The highest BCUT2D eigenvalue weighted by Gasteiger charge is 2.18. The third kappa shape index (κ3) is 7.83. The van der Waals surface area contributed by atoms with Crippen molar-refractivity contribution in [2.45, 2.75) is 40.5 Å². The molecule has 3 rings (SSSR count). The van der Waals surface area contributed by atoms with Gasteiger partial charge < -0.3 is 20.1 Å². The molecule has 0 unspecified atom stereocenters. The Balaban J connectivity index is 0.00000481. The van der Waals surface area contributed by atoms with Gasteiger partial charge in [0.1, 0.15) is 5.75 Å². The van der Waals surface area contributed by atoms with E-state index < -0.39 is 12.0 Å². The van der Waals surface area contributed by atoms with Crippen molar-refractivity contribution in [3.05, 3.63) is 83.4 Å². The van der Waals surface area contributed by atoms with Gasteiger partial charge in [-0.15, -0.1) is 0 Å². The Hall–Kier alpha value is -4.33. The first kappa shape index (κ1) is 28.9. The Morgan fingerprint density at radius 3 is 1.97 bits per heavy atom. The molecule has 0 radical (unpaired) electrons. The topological polar surface area (TPSA) is 106 Å². The van der Waals surface area contributed by atoms with E-state index in [1.54, 1.807) is 56.5 Å². The Bertz CT molecular complexity index is 1230. The Labute approximate surface area is 218 Å². The molecule has 0 heterocycles. The van der Waals surface area contributed by atoms with Crippen molar-refractivity contribution in [1.29, 1.82) is 0 Å². The summed E-state index contributed by atoms with van der Waals surface area (Å²) in [6, 6.07) is 18.8. The second-order valence-corrected chi connectivity index (χ2v) is 9.07. The van der Waals surface area contributed by atoms with Gasteiger partial charge in [0.25, 0.3) is 11.8 Å². The zero-order chi connectivity index (χ0) is 26.3. The van der Waals surface area contributed by atoms with Crippen LogP contribution in [-0.4, -0.2) is 31.6 Å². The summed E-state index contributed by atoms with van der Waals surface area (Å²) < 4.78 is 10.1. The molecule has 3 amide bonds. The third-order valence-electron chi connectivity index (χ3n) is 5.40. The molecule has 0 aliphatic heterocycles. The molecule has 0 aliphatic rings. The maximum Gasteiger partial charge on any atom is 0.411 e. The summed E-state index contributed by atoms with van der Waals surface area (Å²) >= 11 is 0. The van der Waals surface area contributed by atoms with Gasteiger partial charge in [-0.2, -0.15) is 0 Å². The van der Waals surface area contributed by atoms with Crippen LogP contribution in [0.15, 0.2) is 66.7 Å². The molecule has 37 heavy (non-hydrogen) atoms. The molecule has 0 saturated carbocycles. The summed E-state index contributed by atoms with van der Waals surface area (Å²) in [7, 11) is 1.56. The van der Waals surface area contributed by atoms with Crippen LogP contribution in [0.25, 0.3) is 0 Å². The molecule has 0 bridgehead atoms. The lowest BCUT2D eigenvalue weighted by molar-refractivity contribution is 0.102. The highest BCUT2D eigenvalue weighted by molar-refractivity contribution is 6.13. The molecular formula is C29H35N3O5. The number of benzene rings is 3. The molecule has 0 atom stereocenters. The molecule has 3 N–H and O–H groups in total. The number of hydrogen-bond donors (Lipinski definition) is 3. The molecule has 0 fully saturated rings. The van der Waals surface area contributed by atoms with Crippen LogP contribution in [0, 0.1) is 0 Å². The van der Waals surface area contributed by atoms with Crippen LogP contribution in [0.5, 0.6) is 5.75 Å². The predicted molar refractivity (Wildman–Crippen MR) is 148 cm³/mol. The number of hydrogen-bond acceptors (Lipinski definition) is 5. The fourth-order valence-electron chi connectivity index (χ4n) is 3.40. The van der Waals surface area contributed by atoms with Crippen LogP contribution in [0.2, 0.25) is 0 Å². The van der Waals surface area contributed by atoms with Gasteiger partial charge in [0.15, 0.2) is 0 Å². The number of rotatable bonds is 7. The maximum atomic E-state index is 13.1. The quantitative estimate of drug-likeness (QED) is 0.331. The fraction of sp³-hybridized carbons (Fsp3) is 0.276. The SMILES string of the molecule is C.CCOC(=O)Nc1ccc(C(=O)Nc2ccc(OC)cc2)c(NC(=O)c2ccc(C(C)(C)C)cc2)c1. The number of carbonyl (C=O) groups excluding carboxylic acids is 3. The fourth-order valence-corrected chi connectivity index (χ4v) is 3.40. The van der Waals surface area contributed by atoms with E-state index in [4.69, 9.17) is 9.47 Å². The van der Waals surface area contributed by atoms with Crippen molar-refractivity contribution in [2.75, 3.05) is 29.7 Å². The molecule has 3 aromatic carbocycles. The molecule has 0 aromatic heterocycles. The van der Waals surface area contributed by atoms with E-state index in [2.05, 4.69) is 36.7 Å². The minimum atomic E-state index is -0.636. The average Bonchev–Trinajstić information content (AvgIpc) is 2.84. The largest absolute Gasteiger partial charge is 0.497 e. The van der Waals surface area contributed by atoms with Gasteiger partial charge in [0, 0.05) is 16.9 Å².